The Morgan fingerprint density at radius 1 is 1.29 bits per heavy atom. The van der Waals surface area contributed by atoms with E-state index in [-0.39, 0.29) is 6.10 Å². The molecule has 94 valence electrons. The molecule has 2 rings (SSSR count). The van der Waals surface area contributed by atoms with Crippen molar-refractivity contribution < 1.29 is 4.74 Å². The maximum Gasteiger partial charge on any atom is 0.323 e. The zero-order valence-electron chi connectivity index (χ0n) is 10.8. The van der Waals surface area contributed by atoms with Crippen molar-refractivity contribution in [3.63, 3.8) is 0 Å². The predicted molar refractivity (Wildman–Crippen MR) is 66.6 cm³/mol. The molecule has 1 heterocycles. The molecule has 1 saturated carbocycles. The Labute approximate surface area is 101 Å². The van der Waals surface area contributed by atoms with Crippen molar-refractivity contribution in [3.8, 4) is 6.01 Å². The molecule has 0 aromatic carbocycles. The van der Waals surface area contributed by atoms with Crippen LogP contribution >= 0.6 is 0 Å². The summed E-state index contributed by atoms with van der Waals surface area (Å²) in [5.74, 6) is 1.21. The van der Waals surface area contributed by atoms with Gasteiger partial charge in [-0.25, -0.2) is 0 Å². The van der Waals surface area contributed by atoms with E-state index < -0.39 is 0 Å². The first-order valence-corrected chi connectivity index (χ1v) is 5.93. The molecule has 0 amide bonds. The fourth-order valence-electron chi connectivity index (χ4n) is 1.50. The minimum Gasteiger partial charge on any atom is -0.461 e. The van der Waals surface area contributed by atoms with Crippen LogP contribution in [0, 0.1) is 0 Å². The number of anilines is 2. The van der Waals surface area contributed by atoms with Crippen LogP contribution in [0.5, 0.6) is 6.01 Å². The van der Waals surface area contributed by atoms with Crippen LogP contribution in [0.4, 0.5) is 11.9 Å². The molecule has 1 fully saturated rings. The Kier molecular flexibility index (Phi) is 3.31. The summed E-state index contributed by atoms with van der Waals surface area (Å²) in [6, 6.07) is 0.941. The van der Waals surface area contributed by atoms with Gasteiger partial charge in [-0.2, -0.15) is 15.0 Å². The summed E-state index contributed by atoms with van der Waals surface area (Å²) >= 11 is 0. The highest BCUT2D eigenvalue weighted by atomic mass is 16.5. The molecule has 1 aliphatic carbocycles. The summed E-state index contributed by atoms with van der Waals surface area (Å²) in [6.45, 7) is 3.90. The molecular formula is C11H19N5O. The van der Waals surface area contributed by atoms with Gasteiger partial charge in [0.2, 0.25) is 11.9 Å². The highest BCUT2D eigenvalue weighted by molar-refractivity contribution is 5.39. The monoisotopic (exact) mass is 237 g/mol. The van der Waals surface area contributed by atoms with Gasteiger partial charge in [0, 0.05) is 20.1 Å². The van der Waals surface area contributed by atoms with E-state index in [1.165, 1.54) is 12.8 Å². The van der Waals surface area contributed by atoms with Crippen molar-refractivity contribution in [1.82, 2.24) is 15.0 Å². The summed E-state index contributed by atoms with van der Waals surface area (Å²) in [4.78, 5) is 14.9. The lowest BCUT2D eigenvalue weighted by atomic mass is 10.5. The van der Waals surface area contributed by atoms with Gasteiger partial charge in [0.1, 0.15) is 0 Å². The molecule has 6 nitrogen and oxygen atoms in total. The molecule has 0 aliphatic heterocycles. The third-order valence-electron chi connectivity index (χ3n) is 2.58. The van der Waals surface area contributed by atoms with Gasteiger partial charge < -0.3 is 15.0 Å². The molecule has 1 N–H and O–H groups in total. The standard InChI is InChI=1S/C11H19N5O/c1-7(2)17-11-14-9(12-3)13-10(15-11)16(4)8-5-6-8/h7-8H,5-6H2,1-4H3,(H,12,13,14,15). The third-order valence-corrected chi connectivity index (χ3v) is 2.58. The minimum absolute atomic E-state index is 0.0567. The van der Waals surface area contributed by atoms with Crippen molar-refractivity contribution in [2.45, 2.75) is 38.8 Å². The second kappa shape index (κ2) is 4.73. The van der Waals surface area contributed by atoms with Crippen LogP contribution in [0.25, 0.3) is 0 Å². The predicted octanol–water partition coefficient (Wildman–Crippen LogP) is 1.30. The molecule has 0 saturated heterocycles. The van der Waals surface area contributed by atoms with E-state index in [0.29, 0.717) is 23.9 Å². The Morgan fingerprint density at radius 2 is 2.00 bits per heavy atom. The summed E-state index contributed by atoms with van der Waals surface area (Å²) < 4.78 is 5.52. The smallest absolute Gasteiger partial charge is 0.323 e. The number of aromatic nitrogens is 3. The molecule has 0 radical (unpaired) electrons. The summed E-state index contributed by atoms with van der Waals surface area (Å²) in [6.07, 6.45) is 2.47. The van der Waals surface area contributed by atoms with E-state index in [1.807, 2.05) is 20.9 Å². The van der Waals surface area contributed by atoms with Gasteiger partial charge >= 0.3 is 6.01 Å². The van der Waals surface area contributed by atoms with Gasteiger partial charge in [-0.05, 0) is 26.7 Å². The molecule has 0 bridgehead atoms. The first-order chi connectivity index (χ1) is 8.10. The molecule has 0 spiro atoms. The minimum atomic E-state index is 0.0567. The van der Waals surface area contributed by atoms with Gasteiger partial charge in [-0.1, -0.05) is 0 Å². The van der Waals surface area contributed by atoms with Crippen molar-refractivity contribution in [2.24, 2.45) is 0 Å². The topological polar surface area (TPSA) is 63.2 Å². The van der Waals surface area contributed by atoms with E-state index in [2.05, 4.69) is 25.2 Å². The zero-order valence-corrected chi connectivity index (χ0v) is 10.8. The van der Waals surface area contributed by atoms with Gasteiger partial charge in [-0.3, -0.25) is 0 Å². The van der Waals surface area contributed by atoms with Gasteiger partial charge in [0.25, 0.3) is 0 Å². The van der Waals surface area contributed by atoms with E-state index in [9.17, 15) is 0 Å². The Hall–Kier alpha value is -1.59. The number of nitrogens with one attached hydrogen (secondary N) is 1. The lowest BCUT2D eigenvalue weighted by Crippen LogP contribution is -2.23. The van der Waals surface area contributed by atoms with Gasteiger partial charge in [-0.15, -0.1) is 0 Å². The zero-order chi connectivity index (χ0) is 12.4. The fourth-order valence-corrected chi connectivity index (χ4v) is 1.50. The average molecular weight is 237 g/mol. The van der Waals surface area contributed by atoms with Crippen LogP contribution < -0.4 is 15.0 Å². The normalized spacial score (nSPS) is 14.9. The summed E-state index contributed by atoms with van der Waals surface area (Å²) in [5, 5.41) is 2.93. The van der Waals surface area contributed by atoms with Crippen LogP contribution in [0.1, 0.15) is 26.7 Å². The number of hydrogen-bond donors (Lipinski definition) is 1. The molecule has 0 atom stereocenters. The fraction of sp³-hybridized carbons (Fsp3) is 0.727. The number of ether oxygens (including phenoxy) is 1. The van der Waals surface area contributed by atoms with E-state index >= 15 is 0 Å². The van der Waals surface area contributed by atoms with Crippen LogP contribution in [0.2, 0.25) is 0 Å². The number of rotatable bonds is 5. The quantitative estimate of drug-likeness (QED) is 0.832. The second-order valence-corrected chi connectivity index (χ2v) is 4.50. The number of hydrogen-bond acceptors (Lipinski definition) is 6. The van der Waals surface area contributed by atoms with Gasteiger partial charge in [0.15, 0.2) is 0 Å². The van der Waals surface area contributed by atoms with Crippen LogP contribution in [-0.4, -0.2) is 41.2 Å². The lowest BCUT2D eigenvalue weighted by Gasteiger charge is -2.17. The van der Waals surface area contributed by atoms with Crippen molar-refractivity contribution in [3.05, 3.63) is 0 Å². The average Bonchev–Trinajstić information content (AvgIpc) is 3.10. The Balaban J connectivity index is 2.24. The molecule has 17 heavy (non-hydrogen) atoms. The molecule has 6 heteroatoms. The lowest BCUT2D eigenvalue weighted by molar-refractivity contribution is 0.222. The molecule has 1 aromatic heterocycles. The van der Waals surface area contributed by atoms with Gasteiger partial charge in [0.05, 0.1) is 6.10 Å². The Bertz CT molecular complexity index is 391. The van der Waals surface area contributed by atoms with E-state index in [0.717, 1.165) is 0 Å². The maximum absolute atomic E-state index is 5.52. The molecule has 0 unspecified atom stereocenters. The maximum atomic E-state index is 5.52. The first-order valence-electron chi connectivity index (χ1n) is 5.93. The second-order valence-electron chi connectivity index (χ2n) is 4.50. The largest absolute Gasteiger partial charge is 0.461 e. The van der Waals surface area contributed by atoms with E-state index in [4.69, 9.17) is 4.74 Å². The highest BCUT2D eigenvalue weighted by Crippen LogP contribution is 2.29. The van der Waals surface area contributed by atoms with Crippen LogP contribution in [-0.2, 0) is 0 Å². The first kappa shape index (κ1) is 11.9. The van der Waals surface area contributed by atoms with E-state index in [1.54, 1.807) is 7.05 Å². The molecule has 1 aliphatic rings. The summed E-state index contributed by atoms with van der Waals surface area (Å²) in [7, 11) is 3.79. The highest BCUT2D eigenvalue weighted by Gasteiger charge is 2.28. The third kappa shape index (κ3) is 2.95. The van der Waals surface area contributed by atoms with Crippen molar-refractivity contribution >= 4 is 11.9 Å². The molecule has 1 aromatic rings. The van der Waals surface area contributed by atoms with Crippen molar-refractivity contribution in [1.29, 1.82) is 0 Å². The van der Waals surface area contributed by atoms with Crippen molar-refractivity contribution in [2.75, 3.05) is 24.3 Å². The summed E-state index contributed by atoms with van der Waals surface area (Å²) in [5.41, 5.74) is 0. The number of nitrogens with zero attached hydrogens (tertiary/aromatic N) is 4. The Morgan fingerprint density at radius 3 is 2.53 bits per heavy atom. The van der Waals surface area contributed by atoms with Crippen LogP contribution in [0.15, 0.2) is 0 Å². The van der Waals surface area contributed by atoms with Crippen LogP contribution in [0.3, 0.4) is 0 Å². The SMILES string of the molecule is CNc1nc(OC(C)C)nc(N(C)C2CC2)n1. The molecular weight excluding hydrogens is 218 g/mol.